The van der Waals surface area contributed by atoms with Gasteiger partial charge in [-0.3, -0.25) is 14.9 Å². The molecule has 2 N–H and O–H groups in total. The van der Waals surface area contributed by atoms with E-state index in [1.54, 1.807) is 24.3 Å². The molecule has 1 fully saturated rings. The second-order valence-electron chi connectivity index (χ2n) is 5.25. The largest absolute Gasteiger partial charge is 0.508 e. The number of ether oxygens (including phenoxy) is 1. The number of nitrogens with one attached hydrogen (secondary N) is 1. The van der Waals surface area contributed by atoms with Crippen LogP contribution in [-0.4, -0.2) is 30.1 Å². The zero-order valence-corrected chi connectivity index (χ0v) is 13.2. The first-order chi connectivity index (χ1) is 12.0. The molecule has 0 saturated carbocycles. The molecule has 0 spiro atoms. The number of carbonyl (C=O) groups is 3. The molecule has 1 saturated heterocycles. The van der Waals surface area contributed by atoms with Gasteiger partial charge in [0.05, 0.1) is 12.8 Å². The lowest BCUT2D eigenvalue weighted by Gasteiger charge is -2.26. The Morgan fingerprint density at radius 3 is 2.48 bits per heavy atom. The number of rotatable bonds is 3. The van der Waals surface area contributed by atoms with E-state index in [-0.39, 0.29) is 17.0 Å². The molecule has 0 atom stereocenters. The van der Waals surface area contributed by atoms with E-state index in [0.29, 0.717) is 11.3 Å². The molecule has 7 heteroatoms. The molecular weight excluding hydrogens is 324 g/mol. The van der Waals surface area contributed by atoms with Crippen molar-refractivity contribution >= 4 is 29.6 Å². The monoisotopic (exact) mass is 338 g/mol. The number of methoxy groups -OCH3 is 1. The number of amides is 4. The molecule has 25 heavy (non-hydrogen) atoms. The van der Waals surface area contributed by atoms with Gasteiger partial charge in [-0.25, -0.2) is 9.69 Å². The Labute approximate surface area is 143 Å². The summed E-state index contributed by atoms with van der Waals surface area (Å²) in [4.78, 5) is 37.7. The quantitative estimate of drug-likeness (QED) is 0.660. The summed E-state index contributed by atoms with van der Waals surface area (Å²) in [5.74, 6) is -0.948. The summed E-state index contributed by atoms with van der Waals surface area (Å²) in [5, 5.41) is 11.5. The first-order valence-electron chi connectivity index (χ1n) is 7.34. The average Bonchev–Trinajstić information content (AvgIpc) is 2.60. The highest BCUT2D eigenvalue weighted by Crippen LogP contribution is 2.24. The average molecular weight is 338 g/mol. The normalized spacial score (nSPS) is 16.1. The Kier molecular flexibility index (Phi) is 4.21. The summed E-state index contributed by atoms with van der Waals surface area (Å²) in [6.45, 7) is 0. The van der Waals surface area contributed by atoms with Crippen LogP contribution in [0.1, 0.15) is 5.56 Å². The predicted molar refractivity (Wildman–Crippen MR) is 90.1 cm³/mol. The molecule has 3 rings (SSSR count). The van der Waals surface area contributed by atoms with Gasteiger partial charge in [0.1, 0.15) is 17.1 Å². The van der Waals surface area contributed by atoms with Crippen molar-refractivity contribution in [3.63, 3.8) is 0 Å². The van der Waals surface area contributed by atoms with Gasteiger partial charge in [0.15, 0.2) is 0 Å². The molecule has 0 aliphatic carbocycles. The minimum atomic E-state index is -0.844. The Bertz CT molecular complexity index is 887. The summed E-state index contributed by atoms with van der Waals surface area (Å²) in [7, 11) is 1.51. The molecule has 7 nitrogen and oxygen atoms in total. The number of aromatic hydroxyl groups is 1. The lowest BCUT2D eigenvalue weighted by atomic mass is 10.1. The van der Waals surface area contributed by atoms with Gasteiger partial charge < -0.3 is 9.84 Å². The van der Waals surface area contributed by atoms with Crippen molar-refractivity contribution in [1.29, 1.82) is 0 Å². The summed E-state index contributed by atoms with van der Waals surface area (Å²) in [6, 6.07) is 11.5. The molecular formula is C18H14N2O5. The molecule has 0 radical (unpaired) electrons. The van der Waals surface area contributed by atoms with Gasteiger partial charge >= 0.3 is 6.03 Å². The number of benzene rings is 2. The number of urea groups is 1. The maximum absolute atomic E-state index is 12.7. The van der Waals surface area contributed by atoms with Crippen LogP contribution in [0.25, 0.3) is 6.08 Å². The van der Waals surface area contributed by atoms with Crippen molar-refractivity contribution in [2.24, 2.45) is 0 Å². The molecule has 2 aromatic carbocycles. The standard InChI is InChI=1S/C18H14N2O5/c1-25-14-4-2-3-11(9-14)10-15-16(22)19-18(24)20(17(15)23)12-5-7-13(21)8-6-12/h2-10,21H,1H3,(H,19,22,24)/b15-10+. The number of imide groups is 2. The SMILES string of the molecule is COc1cccc(/C=C2\C(=O)NC(=O)N(c3ccc(O)cc3)C2=O)c1. The van der Waals surface area contributed by atoms with Gasteiger partial charge in [-0.1, -0.05) is 12.1 Å². The maximum atomic E-state index is 12.7. The van der Waals surface area contributed by atoms with Crippen LogP contribution >= 0.6 is 0 Å². The molecule has 0 aromatic heterocycles. The van der Waals surface area contributed by atoms with Gasteiger partial charge in [-0.15, -0.1) is 0 Å². The maximum Gasteiger partial charge on any atom is 0.335 e. The van der Waals surface area contributed by atoms with Crippen molar-refractivity contribution in [3.05, 3.63) is 59.7 Å². The fourth-order valence-electron chi connectivity index (χ4n) is 2.39. The van der Waals surface area contributed by atoms with Crippen LogP contribution in [0.5, 0.6) is 11.5 Å². The Morgan fingerprint density at radius 2 is 1.80 bits per heavy atom. The van der Waals surface area contributed by atoms with Crippen molar-refractivity contribution in [2.75, 3.05) is 12.0 Å². The molecule has 126 valence electrons. The molecule has 4 amide bonds. The first kappa shape index (κ1) is 16.3. The van der Waals surface area contributed by atoms with Gasteiger partial charge in [-0.05, 0) is 48.0 Å². The highest BCUT2D eigenvalue weighted by Gasteiger charge is 2.36. The number of hydrogen-bond acceptors (Lipinski definition) is 5. The van der Waals surface area contributed by atoms with E-state index < -0.39 is 17.8 Å². The van der Waals surface area contributed by atoms with Crippen LogP contribution in [0, 0.1) is 0 Å². The van der Waals surface area contributed by atoms with Gasteiger partial charge in [-0.2, -0.15) is 0 Å². The Morgan fingerprint density at radius 1 is 1.08 bits per heavy atom. The number of nitrogens with zero attached hydrogens (tertiary/aromatic N) is 1. The van der Waals surface area contributed by atoms with E-state index >= 15 is 0 Å². The van der Waals surface area contributed by atoms with E-state index in [1.807, 2.05) is 0 Å². The second kappa shape index (κ2) is 6.48. The fraction of sp³-hybridized carbons (Fsp3) is 0.0556. The topological polar surface area (TPSA) is 95.9 Å². The summed E-state index contributed by atoms with van der Waals surface area (Å²) in [5.41, 5.74) is 0.642. The molecule has 1 heterocycles. The third-order valence-electron chi connectivity index (χ3n) is 3.61. The smallest absolute Gasteiger partial charge is 0.335 e. The summed E-state index contributed by atoms with van der Waals surface area (Å²) < 4.78 is 5.11. The third-order valence-corrected chi connectivity index (χ3v) is 3.61. The van der Waals surface area contributed by atoms with E-state index in [0.717, 1.165) is 4.90 Å². The molecule has 0 bridgehead atoms. The molecule has 1 aliphatic heterocycles. The minimum absolute atomic E-state index is 0.00293. The fourth-order valence-corrected chi connectivity index (χ4v) is 2.39. The molecule has 1 aliphatic rings. The van der Waals surface area contributed by atoms with Crippen LogP contribution in [0.3, 0.4) is 0 Å². The van der Waals surface area contributed by atoms with Crippen LogP contribution < -0.4 is 15.0 Å². The van der Waals surface area contributed by atoms with E-state index in [9.17, 15) is 19.5 Å². The van der Waals surface area contributed by atoms with Gasteiger partial charge in [0, 0.05) is 0 Å². The number of hydrogen-bond donors (Lipinski definition) is 2. The number of anilines is 1. The lowest BCUT2D eigenvalue weighted by molar-refractivity contribution is -0.122. The van der Waals surface area contributed by atoms with E-state index in [1.165, 1.54) is 37.5 Å². The van der Waals surface area contributed by atoms with E-state index in [4.69, 9.17) is 4.74 Å². The zero-order valence-electron chi connectivity index (χ0n) is 13.2. The van der Waals surface area contributed by atoms with E-state index in [2.05, 4.69) is 5.32 Å². The van der Waals surface area contributed by atoms with Crippen LogP contribution in [-0.2, 0) is 9.59 Å². The summed E-state index contributed by atoms with van der Waals surface area (Å²) >= 11 is 0. The first-order valence-corrected chi connectivity index (χ1v) is 7.34. The third kappa shape index (κ3) is 3.20. The van der Waals surface area contributed by atoms with Crippen molar-refractivity contribution in [1.82, 2.24) is 5.32 Å². The van der Waals surface area contributed by atoms with Crippen molar-refractivity contribution in [3.8, 4) is 11.5 Å². The minimum Gasteiger partial charge on any atom is -0.508 e. The Hall–Kier alpha value is -3.61. The lowest BCUT2D eigenvalue weighted by Crippen LogP contribution is -2.54. The number of phenolic OH excluding ortho intramolecular Hbond substituents is 1. The Balaban J connectivity index is 2.00. The molecule has 0 unspecified atom stereocenters. The zero-order chi connectivity index (χ0) is 18.0. The van der Waals surface area contributed by atoms with Gasteiger partial charge in [0.2, 0.25) is 0 Å². The number of phenols is 1. The van der Waals surface area contributed by atoms with Crippen molar-refractivity contribution in [2.45, 2.75) is 0 Å². The predicted octanol–water partition coefficient (Wildman–Crippen LogP) is 2.07. The number of carbonyl (C=O) groups excluding carboxylic acids is 3. The van der Waals surface area contributed by atoms with Crippen LogP contribution in [0.2, 0.25) is 0 Å². The number of barbiturate groups is 1. The second-order valence-corrected chi connectivity index (χ2v) is 5.25. The van der Waals surface area contributed by atoms with Crippen LogP contribution in [0.15, 0.2) is 54.1 Å². The van der Waals surface area contributed by atoms with Gasteiger partial charge in [0.25, 0.3) is 11.8 Å². The van der Waals surface area contributed by atoms with Crippen molar-refractivity contribution < 1.29 is 24.2 Å². The van der Waals surface area contributed by atoms with Crippen LogP contribution in [0.4, 0.5) is 10.5 Å². The molecule has 2 aromatic rings. The highest BCUT2D eigenvalue weighted by molar-refractivity contribution is 6.39. The highest BCUT2D eigenvalue weighted by atomic mass is 16.5. The summed E-state index contributed by atoms with van der Waals surface area (Å²) in [6.07, 6.45) is 1.39.